The molecule has 0 fully saturated rings. The van der Waals surface area contributed by atoms with Crippen molar-refractivity contribution in [2.75, 3.05) is 13.3 Å². The van der Waals surface area contributed by atoms with Gasteiger partial charge in [-0.1, -0.05) is 26.3 Å². The van der Waals surface area contributed by atoms with E-state index < -0.39 is 11.9 Å². The largest absolute Gasteiger partial charge is 0.478 e. The Morgan fingerprint density at radius 2 is 1.36 bits per heavy atom. The summed E-state index contributed by atoms with van der Waals surface area (Å²) in [6, 6.07) is 0. The molecule has 0 rings (SSSR count). The molecule has 0 aliphatic heterocycles. The Bertz CT molecular complexity index is 451. The van der Waals surface area contributed by atoms with Crippen LogP contribution >= 0.6 is 0 Å². The van der Waals surface area contributed by atoms with Crippen LogP contribution in [0.15, 0.2) is 50.1 Å². The van der Waals surface area contributed by atoms with Crippen molar-refractivity contribution in [2.45, 2.75) is 13.8 Å². The van der Waals surface area contributed by atoms with E-state index in [-0.39, 0.29) is 18.6 Å². The number of hydrogen-bond donors (Lipinski definition) is 4. The number of carboxylic acid groups (broad SMARTS) is 2. The molecule has 4 N–H and O–H groups in total. The van der Waals surface area contributed by atoms with Crippen LogP contribution in [-0.2, 0) is 23.9 Å². The Hall–Kier alpha value is -3.20. The Balaban J connectivity index is -0.000000120. The molecular weight excluding hydrogens is 334 g/mol. The lowest BCUT2D eigenvalue weighted by Gasteiger charge is -1.96. The van der Waals surface area contributed by atoms with Crippen LogP contribution in [0.3, 0.4) is 0 Å². The zero-order valence-corrected chi connectivity index (χ0v) is 14.4. The Kier molecular flexibility index (Phi) is 27.5. The highest BCUT2D eigenvalue weighted by Gasteiger charge is 1.95. The summed E-state index contributed by atoms with van der Waals surface area (Å²) in [6.45, 7) is 15.9. The summed E-state index contributed by atoms with van der Waals surface area (Å²) < 4.78 is 4.43. The number of carboxylic acids is 2. The van der Waals surface area contributed by atoms with Gasteiger partial charge in [0.05, 0.1) is 6.61 Å². The second-order valence-electron chi connectivity index (χ2n) is 3.49. The summed E-state index contributed by atoms with van der Waals surface area (Å²) in [5.41, 5.74) is 0.402. The summed E-state index contributed by atoms with van der Waals surface area (Å²) in [7, 11) is 0. The second-order valence-corrected chi connectivity index (χ2v) is 3.49. The summed E-state index contributed by atoms with van der Waals surface area (Å²) in [5.74, 6) is -2.63. The van der Waals surface area contributed by atoms with Crippen molar-refractivity contribution in [1.82, 2.24) is 5.32 Å². The summed E-state index contributed by atoms with van der Waals surface area (Å²) in [6.07, 6.45) is 2.81. The number of aliphatic hydroxyl groups is 1. The first kappa shape index (κ1) is 29.8. The van der Waals surface area contributed by atoms with E-state index >= 15 is 0 Å². The number of amides is 1. The molecule has 9 nitrogen and oxygen atoms in total. The van der Waals surface area contributed by atoms with Gasteiger partial charge in [-0.2, -0.15) is 0 Å². The van der Waals surface area contributed by atoms with Crippen molar-refractivity contribution in [1.29, 1.82) is 0 Å². The highest BCUT2D eigenvalue weighted by molar-refractivity contribution is 5.91. The van der Waals surface area contributed by atoms with Crippen molar-refractivity contribution in [2.24, 2.45) is 0 Å². The standard InChI is InChI=1S/C5H9NO2.C5H8O2.2C3H4O2/c1-4(2)5(8)6-3-7;1-3-5(6)7-4-2;2*1-2-3(4)5/h7H,1,3H2,2H3,(H,6,8);3H,1,4H2,2H3;2*2H,1H2,(H,4,5). The van der Waals surface area contributed by atoms with Crippen molar-refractivity contribution < 1.29 is 39.2 Å². The van der Waals surface area contributed by atoms with Gasteiger partial charge in [-0.25, -0.2) is 14.4 Å². The molecule has 0 unspecified atom stereocenters. The van der Waals surface area contributed by atoms with Crippen molar-refractivity contribution in [3.05, 3.63) is 50.1 Å². The fraction of sp³-hybridized carbons (Fsp3) is 0.250. The van der Waals surface area contributed by atoms with E-state index in [9.17, 15) is 19.2 Å². The van der Waals surface area contributed by atoms with E-state index in [1.54, 1.807) is 13.8 Å². The van der Waals surface area contributed by atoms with E-state index in [4.69, 9.17) is 15.3 Å². The fourth-order valence-electron chi connectivity index (χ4n) is 0.424. The van der Waals surface area contributed by atoms with E-state index in [1.165, 1.54) is 0 Å². The number of carbonyl (C=O) groups excluding carboxylic acids is 2. The SMILES string of the molecule is C=C(C)C(=O)NCO.C=CC(=O)O.C=CC(=O)O.C=CC(=O)OCC. The van der Waals surface area contributed by atoms with E-state index in [0.29, 0.717) is 12.2 Å². The van der Waals surface area contributed by atoms with E-state index in [2.05, 4.69) is 36.4 Å². The summed E-state index contributed by atoms with van der Waals surface area (Å²) in [4.78, 5) is 38.9. The number of rotatable bonds is 6. The van der Waals surface area contributed by atoms with Gasteiger partial charge < -0.3 is 25.4 Å². The number of carbonyl (C=O) groups is 4. The lowest BCUT2D eigenvalue weighted by atomic mass is 10.3. The predicted molar refractivity (Wildman–Crippen MR) is 92.5 cm³/mol. The lowest BCUT2D eigenvalue weighted by Crippen LogP contribution is -2.24. The third kappa shape index (κ3) is 44.9. The molecule has 1 amide bonds. The van der Waals surface area contributed by atoms with Gasteiger partial charge in [0.2, 0.25) is 5.91 Å². The molecule has 142 valence electrons. The maximum absolute atomic E-state index is 10.4. The van der Waals surface area contributed by atoms with Gasteiger partial charge in [-0.15, -0.1) is 0 Å². The number of hydrogen-bond acceptors (Lipinski definition) is 6. The number of aliphatic hydroxyl groups excluding tert-OH is 1. The zero-order chi connectivity index (χ0) is 20.8. The monoisotopic (exact) mass is 359 g/mol. The molecule has 0 aromatic rings. The van der Waals surface area contributed by atoms with Gasteiger partial charge in [0.15, 0.2) is 0 Å². The minimum absolute atomic E-state index is 0.312. The van der Waals surface area contributed by atoms with Crippen LogP contribution < -0.4 is 5.32 Å². The molecule has 0 atom stereocenters. The maximum atomic E-state index is 10.4. The van der Waals surface area contributed by atoms with E-state index in [1.807, 2.05) is 0 Å². The lowest BCUT2D eigenvalue weighted by molar-refractivity contribution is -0.137. The molecule has 9 heteroatoms. The number of ether oxygens (including phenoxy) is 1. The Labute approximate surface area is 146 Å². The van der Waals surface area contributed by atoms with Crippen LogP contribution in [0.4, 0.5) is 0 Å². The second kappa shape index (κ2) is 23.1. The molecule has 0 saturated carbocycles. The number of aliphatic carboxylic acids is 2. The van der Waals surface area contributed by atoms with Crippen LogP contribution in [-0.4, -0.2) is 52.5 Å². The quantitative estimate of drug-likeness (QED) is 0.310. The highest BCUT2D eigenvalue weighted by atomic mass is 16.5. The first-order valence-electron chi connectivity index (χ1n) is 6.58. The van der Waals surface area contributed by atoms with Crippen LogP contribution in [0.5, 0.6) is 0 Å². The molecular formula is C16H25NO8. The normalized spacial score (nSPS) is 7.32. The van der Waals surface area contributed by atoms with Gasteiger partial charge in [-0.05, 0) is 13.8 Å². The van der Waals surface area contributed by atoms with Gasteiger partial charge in [0.25, 0.3) is 0 Å². The van der Waals surface area contributed by atoms with Crippen molar-refractivity contribution in [3.8, 4) is 0 Å². The average Bonchev–Trinajstić information content (AvgIpc) is 2.56. The van der Waals surface area contributed by atoms with Crippen molar-refractivity contribution in [3.63, 3.8) is 0 Å². The third-order valence-electron chi connectivity index (χ3n) is 1.43. The van der Waals surface area contributed by atoms with Gasteiger partial charge in [0.1, 0.15) is 6.73 Å². The molecule has 0 heterocycles. The number of esters is 1. The first-order valence-corrected chi connectivity index (χ1v) is 6.58. The third-order valence-corrected chi connectivity index (χ3v) is 1.43. The first-order chi connectivity index (χ1) is 11.5. The van der Waals surface area contributed by atoms with Crippen molar-refractivity contribution >= 4 is 23.8 Å². The van der Waals surface area contributed by atoms with Crippen LogP contribution in [0.1, 0.15) is 13.8 Å². The number of nitrogens with one attached hydrogen (secondary N) is 1. The smallest absolute Gasteiger partial charge is 0.330 e. The highest BCUT2D eigenvalue weighted by Crippen LogP contribution is 1.82. The minimum atomic E-state index is -0.981. The minimum Gasteiger partial charge on any atom is -0.478 e. The van der Waals surface area contributed by atoms with Gasteiger partial charge in [-0.3, -0.25) is 4.79 Å². The molecule has 0 aliphatic carbocycles. The topological polar surface area (TPSA) is 150 Å². The molecule has 0 aliphatic rings. The fourth-order valence-corrected chi connectivity index (χ4v) is 0.424. The molecule has 0 aromatic heterocycles. The summed E-state index contributed by atoms with van der Waals surface area (Å²) >= 11 is 0. The molecule has 0 bridgehead atoms. The van der Waals surface area contributed by atoms with Gasteiger partial charge >= 0.3 is 17.9 Å². The summed E-state index contributed by atoms with van der Waals surface area (Å²) in [5, 5.41) is 25.5. The molecule has 0 saturated heterocycles. The average molecular weight is 359 g/mol. The maximum Gasteiger partial charge on any atom is 0.330 e. The molecule has 0 spiro atoms. The molecule has 0 aromatic carbocycles. The predicted octanol–water partition coefficient (Wildman–Crippen LogP) is 0.878. The molecule has 25 heavy (non-hydrogen) atoms. The van der Waals surface area contributed by atoms with E-state index in [0.717, 1.165) is 18.2 Å². The van der Waals surface area contributed by atoms with Crippen LogP contribution in [0, 0.1) is 0 Å². The molecule has 0 radical (unpaired) electrons. The van der Waals surface area contributed by atoms with Crippen LogP contribution in [0.25, 0.3) is 0 Å². The van der Waals surface area contributed by atoms with Gasteiger partial charge in [0, 0.05) is 23.8 Å². The Morgan fingerprint density at radius 3 is 1.44 bits per heavy atom. The zero-order valence-electron chi connectivity index (χ0n) is 14.4. The van der Waals surface area contributed by atoms with Crippen LogP contribution in [0.2, 0.25) is 0 Å². The Morgan fingerprint density at radius 1 is 1.00 bits per heavy atom.